The van der Waals surface area contributed by atoms with Gasteiger partial charge in [0.15, 0.2) is 0 Å². The number of rotatable bonds is 9. The molecule has 138 valence electrons. The van der Waals surface area contributed by atoms with Crippen LogP contribution in [0.4, 0.5) is 0 Å². The van der Waals surface area contributed by atoms with E-state index in [1.807, 2.05) is 24.3 Å². The third-order valence-electron chi connectivity index (χ3n) is 4.68. The molecule has 0 aliphatic heterocycles. The Bertz CT molecular complexity index is 672. The molecular formula is C24H31NO. The maximum absolute atomic E-state index is 10.1. The maximum Gasteiger partial charge on any atom is 0.0694 e. The second-order valence-corrected chi connectivity index (χ2v) is 6.72. The van der Waals surface area contributed by atoms with E-state index in [1.54, 1.807) is 0 Å². The van der Waals surface area contributed by atoms with Crippen LogP contribution in [0.2, 0.25) is 0 Å². The Morgan fingerprint density at radius 3 is 2.23 bits per heavy atom. The first-order valence-electron chi connectivity index (χ1n) is 9.70. The Morgan fingerprint density at radius 2 is 1.62 bits per heavy atom. The van der Waals surface area contributed by atoms with Crippen molar-refractivity contribution < 1.29 is 5.11 Å². The van der Waals surface area contributed by atoms with Crippen molar-refractivity contribution in [1.82, 2.24) is 4.90 Å². The van der Waals surface area contributed by atoms with Crippen LogP contribution in [-0.2, 0) is 6.54 Å². The molecule has 0 aromatic heterocycles. The van der Waals surface area contributed by atoms with Gasteiger partial charge < -0.3 is 5.11 Å². The van der Waals surface area contributed by atoms with E-state index < -0.39 is 0 Å². The Hall–Kier alpha value is -2.08. The van der Waals surface area contributed by atoms with Crippen molar-refractivity contribution in [2.45, 2.75) is 58.2 Å². The maximum atomic E-state index is 10.1. The van der Waals surface area contributed by atoms with Crippen LogP contribution in [0, 0.1) is 11.8 Å². The van der Waals surface area contributed by atoms with Crippen LogP contribution >= 0.6 is 0 Å². The number of nitrogens with zero attached hydrogens (tertiary/aromatic N) is 1. The molecule has 0 aliphatic rings. The molecule has 0 spiro atoms. The van der Waals surface area contributed by atoms with Gasteiger partial charge in [-0.05, 0) is 24.5 Å². The molecule has 26 heavy (non-hydrogen) atoms. The predicted octanol–water partition coefficient (Wildman–Crippen LogP) is 5.19. The molecule has 0 bridgehead atoms. The summed E-state index contributed by atoms with van der Waals surface area (Å²) in [6.45, 7) is 5.20. The third kappa shape index (κ3) is 6.33. The molecule has 0 aliphatic carbocycles. The molecule has 1 N–H and O–H groups in total. The quantitative estimate of drug-likeness (QED) is 0.497. The summed E-state index contributed by atoms with van der Waals surface area (Å²) in [5, 5.41) is 10.1. The van der Waals surface area contributed by atoms with E-state index in [0.29, 0.717) is 0 Å². The molecular weight excluding hydrogens is 318 g/mol. The molecule has 2 aromatic rings. The molecule has 0 fully saturated rings. The third-order valence-corrected chi connectivity index (χ3v) is 4.68. The highest BCUT2D eigenvalue weighted by atomic mass is 16.3. The average molecular weight is 350 g/mol. The zero-order chi connectivity index (χ0) is 18.6. The SMILES string of the molecule is CCCCCC#C[C@@H](C)N(Cc1ccccc1)[C@@H](CO)c1ccccc1. The predicted molar refractivity (Wildman–Crippen MR) is 110 cm³/mol. The second-order valence-electron chi connectivity index (χ2n) is 6.72. The summed E-state index contributed by atoms with van der Waals surface area (Å²) in [4.78, 5) is 2.30. The summed E-state index contributed by atoms with van der Waals surface area (Å²) < 4.78 is 0. The molecule has 0 radical (unpaired) electrons. The topological polar surface area (TPSA) is 23.5 Å². The normalized spacial score (nSPS) is 13.1. The number of benzene rings is 2. The Labute approximate surface area is 158 Å². The minimum absolute atomic E-state index is 0.0589. The number of hydrogen-bond acceptors (Lipinski definition) is 2. The first-order chi connectivity index (χ1) is 12.8. The minimum atomic E-state index is -0.0589. The lowest BCUT2D eigenvalue weighted by Crippen LogP contribution is -2.37. The Balaban J connectivity index is 2.20. The van der Waals surface area contributed by atoms with Crippen molar-refractivity contribution in [3.63, 3.8) is 0 Å². The van der Waals surface area contributed by atoms with Crippen molar-refractivity contribution in [3.8, 4) is 11.8 Å². The number of aliphatic hydroxyl groups excluding tert-OH is 1. The molecule has 0 amide bonds. The smallest absolute Gasteiger partial charge is 0.0694 e. The number of aliphatic hydroxyl groups is 1. The summed E-state index contributed by atoms with van der Waals surface area (Å²) in [6.07, 6.45) is 4.57. The van der Waals surface area contributed by atoms with Crippen molar-refractivity contribution in [1.29, 1.82) is 0 Å². The van der Waals surface area contributed by atoms with Crippen molar-refractivity contribution >= 4 is 0 Å². The van der Waals surface area contributed by atoms with E-state index in [9.17, 15) is 5.11 Å². The Kier molecular flexibility index (Phi) is 8.96. The monoisotopic (exact) mass is 349 g/mol. The molecule has 0 saturated carbocycles. The van der Waals surface area contributed by atoms with Gasteiger partial charge in [0, 0.05) is 13.0 Å². The highest BCUT2D eigenvalue weighted by molar-refractivity contribution is 5.22. The van der Waals surface area contributed by atoms with E-state index in [1.165, 1.54) is 18.4 Å². The molecule has 2 nitrogen and oxygen atoms in total. The summed E-state index contributed by atoms with van der Waals surface area (Å²) in [5.41, 5.74) is 2.37. The van der Waals surface area contributed by atoms with Crippen molar-refractivity contribution in [2.75, 3.05) is 6.61 Å². The molecule has 2 aromatic carbocycles. The molecule has 0 saturated heterocycles. The van der Waals surface area contributed by atoms with Gasteiger partial charge in [-0.25, -0.2) is 0 Å². The van der Waals surface area contributed by atoms with Gasteiger partial charge in [0.2, 0.25) is 0 Å². The van der Waals surface area contributed by atoms with Gasteiger partial charge in [-0.2, -0.15) is 0 Å². The minimum Gasteiger partial charge on any atom is -0.394 e. The zero-order valence-electron chi connectivity index (χ0n) is 16.1. The van der Waals surface area contributed by atoms with E-state index >= 15 is 0 Å². The van der Waals surface area contributed by atoms with Gasteiger partial charge in [0.1, 0.15) is 0 Å². The molecule has 2 rings (SSSR count). The van der Waals surface area contributed by atoms with Crippen LogP contribution < -0.4 is 0 Å². The lowest BCUT2D eigenvalue weighted by molar-refractivity contribution is 0.101. The average Bonchev–Trinajstić information content (AvgIpc) is 2.69. The van der Waals surface area contributed by atoms with Gasteiger partial charge in [0.25, 0.3) is 0 Å². The van der Waals surface area contributed by atoms with Gasteiger partial charge in [-0.3, -0.25) is 4.90 Å². The summed E-state index contributed by atoms with van der Waals surface area (Å²) in [7, 11) is 0. The van der Waals surface area contributed by atoms with Crippen LogP contribution in [0.3, 0.4) is 0 Å². The van der Waals surface area contributed by atoms with Gasteiger partial charge >= 0.3 is 0 Å². The fourth-order valence-electron chi connectivity index (χ4n) is 3.15. The van der Waals surface area contributed by atoms with Gasteiger partial charge in [-0.1, -0.05) is 86.3 Å². The van der Waals surface area contributed by atoms with E-state index in [0.717, 1.165) is 24.9 Å². The standard InChI is InChI=1S/C24H31NO/c1-3-4-5-6-9-14-21(2)25(19-22-15-10-7-11-16-22)24(20-26)23-17-12-8-13-18-23/h7-8,10-13,15-18,21,24,26H,3-6,19-20H2,1-2H3/t21-,24+/m1/s1. The largest absolute Gasteiger partial charge is 0.394 e. The van der Waals surface area contributed by atoms with E-state index in [-0.39, 0.29) is 18.7 Å². The lowest BCUT2D eigenvalue weighted by Gasteiger charge is -2.33. The number of hydrogen-bond donors (Lipinski definition) is 1. The summed E-state index contributed by atoms with van der Waals surface area (Å²) in [5.74, 6) is 6.75. The summed E-state index contributed by atoms with van der Waals surface area (Å²) in [6, 6.07) is 20.7. The zero-order valence-corrected chi connectivity index (χ0v) is 16.1. The highest BCUT2D eigenvalue weighted by Crippen LogP contribution is 2.24. The van der Waals surface area contributed by atoms with Crippen LogP contribution in [0.25, 0.3) is 0 Å². The van der Waals surface area contributed by atoms with Crippen LogP contribution in [-0.4, -0.2) is 22.7 Å². The van der Waals surface area contributed by atoms with Crippen molar-refractivity contribution in [3.05, 3.63) is 71.8 Å². The second kappa shape index (κ2) is 11.5. The fraction of sp³-hybridized carbons (Fsp3) is 0.417. The van der Waals surface area contributed by atoms with Crippen LogP contribution in [0.5, 0.6) is 0 Å². The first-order valence-corrected chi connectivity index (χ1v) is 9.70. The summed E-state index contributed by atoms with van der Waals surface area (Å²) >= 11 is 0. The molecule has 0 unspecified atom stereocenters. The first kappa shape index (κ1) is 20.2. The highest BCUT2D eigenvalue weighted by Gasteiger charge is 2.23. The van der Waals surface area contributed by atoms with Gasteiger partial charge in [0.05, 0.1) is 18.7 Å². The number of unbranched alkanes of at least 4 members (excludes halogenated alkanes) is 3. The van der Waals surface area contributed by atoms with Crippen molar-refractivity contribution in [2.24, 2.45) is 0 Å². The van der Waals surface area contributed by atoms with Crippen LogP contribution in [0.1, 0.15) is 56.7 Å². The van der Waals surface area contributed by atoms with Gasteiger partial charge in [-0.15, -0.1) is 5.92 Å². The fourth-order valence-corrected chi connectivity index (χ4v) is 3.15. The van der Waals surface area contributed by atoms with Crippen LogP contribution in [0.15, 0.2) is 60.7 Å². The molecule has 0 heterocycles. The Morgan fingerprint density at radius 1 is 0.962 bits per heavy atom. The molecule has 2 atom stereocenters. The molecule has 2 heteroatoms. The lowest BCUT2D eigenvalue weighted by atomic mass is 10.0. The van der Waals surface area contributed by atoms with E-state index in [2.05, 4.69) is 67.0 Å². The van der Waals surface area contributed by atoms with E-state index in [4.69, 9.17) is 0 Å².